The Morgan fingerprint density at radius 3 is 2.25 bits per heavy atom. The minimum atomic E-state index is -3.77. The molecule has 5 N–H and O–H groups in total. The summed E-state index contributed by atoms with van der Waals surface area (Å²) in [4.78, 5) is 10.5. The Hall–Kier alpha value is -3.17. The van der Waals surface area contributed by atoms with Crippen molar-refractivity contribution in [1.29, 1.82) is 0 Å². The summed E-state index contributed by atoms with van der Waals surface area (Å²) in [5, 5.41) is 3.11. The maximum absolute atomic E-state index is 12.4. The molecule has 9 heteroatoms. The molecule has 0 saturated carbocycles. The van der Waals surface area contributed by atoms with Crippen LogP contribution >= 0.6 is 0 Å². The van der Waals surface area contributed by atoms with Gasteiger partial charge in [0.15, 0.2) is 11.6 Å². The third kappa shape index (κ3) is 4.56. The average Bonchev–Trinajstić information content (AvgIpc) is 2.69. The van der Waals surface area contributed by atoms with Crippen LogP contribution < -0.4 is 21.3 Å². The van der Waals surface area contributed by atoms with Crippen LogP contribution in [0.25, 0.3) is 0 Å². The van der Waals surface area contributed by atoms with Crippen molar-refractivity contribution in [1.82, 2.24) is 14.8 Å². The predicted molar refractivity (Wildman–Crippen MR) is 111 cm³/mol. The van der Waals surface area contributed by atoms with E-state index in [9.17, 15) is 8.42 Å². The van der Waals surface area contributed by atoms with Gasteiger partial charge in [0.1, 0.15) is 12.0 Å². The van der Waals surface area contributed by atoms with Crippen LogP contribution in [-0.2, 0) is 16.4 Å². The number of anilines is 4. The average molecular weight is 398 g/mol. The highest BCUT2D eigenvalue weighted by Gasteiger charge is 2.15. The number of rotatable bonds is 7. The fourth-order valence-corrected chi connectivity index (χ4v) is 3.29. The number of nitrogens with zero attached hydrogens (tertiary/aromatic N) is 2. The van der Waals surface area contributed by atoms with E-state index in [1.807, 2.05) is 31.2 Å². The second kappa shape index (κ2) is 8.24. The SMILES string of the molecule is CCc1ccc(Nc2ncnc(NNS(=O)(=O)c3ccc(C)cc3)c2N)cc1. The van der Waals surface area contributed by atoms with E-state index in [4.69, 9.17) is 5.73 Å². The lowest BCUT2D eigenvalue weighted by molar-refractivity contribution is 0.587. The second-order valence-electron chi connectivity index (χ2n) is 6.20. The fraction of sp³-hybridized carbons (Fsp3) is 0.158. The molecule has 0 spiro atoms. The van der Waals surface area contributed by atoms with E-state index in [-0.39, 0.29) is 16.4 Å². The molecule has 0 fully saturated rings. The second-order valence-corrected chi connectivity index (χ2v) is 7.89. The maximum Gasteiger partial charge on any atom is 0.257 e. The molecule has 3 rings (SSSR count). The predicted octanol–water partition coefficient (Wildman–Crippen LogP) is 2.98. The minimum Gasteiger partial charge on any atom is -0.393 e. The molecule has 0 amide bonds. The van der Waals surface area contributed by atoms with E-state index in [0.717, 1.165) is 17.7 Å². The molecule has 0 aliphatic rings. The van der Waals surface area contributed by atoms with Gasteiger partial charge in [0.2, 0.25) is 0 Å². The van der Waals surface area contributed by atoms with Gasteiger partial charge in [-0.05, 0) is 43.2 Å². The largest absolute Gasteiger partial charge is 0.393 e. The molecule has 8 nitrogen and oxygen atoms in total. The van der Waals surface area contributed by atoms with Crippen molar-refractivity contribution >= 4 is 33.0 Å². The number of sulfonamides is 1. The number of hydrazine groups is 1. The van der Waals surface area contributed by atoms with Gasteiger partial charge in [-0.15, -0.1) is 4.83 Å². The first-order valence-corrected chi connectivity index (χ1v) is 10.2. The van der Waals surface area contributed by atoms with Crippen LogP contribution in [0.1, 0.15) is 18.1 Å². The third-order valence-electron chi connectivity index (χ3n) is 4.14. The summed E-state index contributed by atoms with van der Waals surface area (Å²) in [6, 6.07) is 14.4. The van der Waals surface area contributed by atoms with Gasteiger partial charge in [-0.2, -0.15) is 0 Å². The molecule has 0 saturated heterocycles. The zero-order valence-electron chi connectivity index (χ0n) is 15.6. The number of nitrogens with two attached hydrogens (primary N) is 1. The van der Waals surface area contributed by atoms with Crippen LogP contribution in [0, 0.1) is 6.92 Å². The van der Waals surface area contributed by atoms with E-state index >= 15 is 0 Å². The molecule has 3 aromatic rings. The molecule has 28 heavy (non-hydrogen) atoms. The number of benzene rings is 2. The molecule has 1 heterocycles. The van der Waals surface area contributed by atoms with Crippen LogP contribution in [0.3, 0.4) is 0 Å². The monoisotopic (exact) mass is 398 g/mol. The number of aromatic nitrogens is 2. The third-order valence-corrected chi connectivity index (χ3v) is 5.41. The molecule has 1 aromatic heterocycles. The number of hydrogen-bond donors (Lipinski definition) is 4. The zero-order valence-corrected chi connectivity index (χ0v) is 16.4. The molecular formula is C19H22N6O2S. The zero-order chi connectivity index (χ0) is 20.1. The Kier molecular flexibility index (Phi) is 5.76. The summed E-state index contributed by atoms with van der Waals surface area (Å²) in [6.45, 7) is 3.97. The molecule has 0 radical (unpaired) electrons. The highest BCUT2D eigenvalue weighted by molar-refractivity contribution is 7.89. The Bertz CT molecular complexity index is 1050. The van der Waals surface area contributed by atoms with Gasteiger partial charge in [0.05, 0.1) is 4.90 Å². The van der Waals surface area contributed by atoms with E-state index in [2.05, 4.69) is 32.5 Å². The van der Waals surface area contributed by atoms with Crippen molar-refractivity contribution in [3.8, 4) is 0 Å². The number of aryl methyl sites for hydroxylation is 2. The van der Waals surface area contributed by atoms with Crippen molar-refractivity contribution in [2.45, 2.75) is 25.2 Å². The number of nitrogens with one attached hydrogen (secondary N) is 3. The molecule has 0 atom stereocenters. The van der Waals surface area contributed by atoms with E-state index in [1.165, 1.54) is 24.0 Å². The van der Waals surface area contributed by atoms with Crippen molar-refractivity contribution in [2.24, 2.45) is 0 Å². The van der Waals surface area contributed by atoms with Crippen LogP contribution in [0.15, 0.2) is 59.8 Å². The van der Waals surface area contributed by atoms with Crippen LogP contribution in [-0.4, -0.2) is 18.4 Å². The van der Waals surface area contributed by atoms with Gasteiger partial charge in [-0.3, -0.25) is 5.43 Å². The summed E-state index contributed by atoms with van der Waals surface area (Å²) in [6.07, 6.45) is 2.24. The van der Waals surface area contributed by atoms with Crippen LogP contribution in [0.5, 0.6) is 0 Å². The van der Waals surface area contributed by atoms with Gasteiger partial charge in [0, 0.05) is 5.69 Å². The van der Waals surface area contributed by atoms with Crippen molar-refractivity contribution in [3.63, 3.8) is 0 Å². The molecule has 0 bridgehead atoms. The first kappa shape index (κ1) is 19.6. The van der Waals surface area contributed by atoms with Crippen molar-refractivity contribution in [3.05, 3.63) is 66.0 Å². The highest BCUT2D eigenvalue weighted by Crippen LogP contribution is 2.25. The van der Waals surface area contributed by atoms with Gasteiger partial charge in [-0.1, -0.05) is 36.8 Å². The van der Waals surface area contributed by atoms with E-state index < -0.39 is 10.0 Å². The van der Waals surface area contributed by atoms with Gasteiger partial charge in [-0.25, -0.2) is 18.4 Å². The lowest BCUT2D eigenvalue weighted by Gasteiger charge is -2.13. The summed E-state index contributed by atoms with van der Waals surface area (Å²) in [5.74, 6) is 0.523. The normalized spacial score (nSPS) is 11.2. The van der Waals surface area contributed by atoms with Gasteiger partial charge < -0.3 is 11.1 Å². The molecule has 0 aliphatic heterocycles. The van der Waals surface area contributed by atoms with E-state index in [1.54, 1.807) is 12.1 Å². The molecule has 2 aromatic carbocycles. The first-order valence-electron chi connectivity index (χ1n) is 8.70. The minimum absolute atomic E-state index is 0.132. The summed E-state index contributed by atoms with van der Waals surface area (Å²) in [5.41, 5.74) is 11.8. The lowest BCUT2D eigenvalue weighted by atomic mass is 10.1. The van der Waals surface area contributed by atoms with Crippen LogP contribution in [0.2, 0.25) is 0 Å². The summed E-state index contributed by atoms with van der Waals surface area (Å²) in [7, 11) is -3.77. The van der Waals surface area contributed by atoms with E-state index in [0.29, 0.717) is 5.82 Å². The Morgan fingerprint density at radius 1 is 0.964 bits per heavy atom. The Labute approximate surface area is 164 Å². The topological polar surface area (TPSA) is 122 Å². The Balaban J connectivity index is 1.74. The first-order chi connectivity index (χ1) is 13.4. The number of nitrogen functional groups attached to an aromatic ring is 1. The lowest BCUT2D eigenvalue weighted by Crippen LogP contribution is -2.30. The highest BCUT2D eigenvalue weighted by atomic mass is 32.2. The molecular weight excluding hydrogens is 376 g/mol. The summed E-state index contributed by atoms with van der Waals surface area (Å²) >= 11 is 0. The maximum atomic E-state index is 12.4. The number of hydrogen-bond acceptors (Lipinski definition) is 7. The van der Waals surface area contributed by atoms with Crippen molar-refractivity contribution in [2.75, 3.05) is 16.5 Å². The molecule has 146 valence electrons. The quantitative estimate of drug-likeness (QED) is 0.451. The van der Waals surface area contributed by atoms with Crippen LogP contribution in [0.4, 0.5) is 23.0 Å². The van der Waals surface area contributed by atoms with Gasteiger partial charge >= 0.3 is 0 Å². The molecule has 0 aliphatic carbocycles. The summed E-state index contributed by atoms with van der Waals surface area (Å²) < 4.78 is 24.8. The van der Waals surface area contributed by atoms with Crippen molar-refractivity contribution < 1.29 is 8.42 Å². The molecule has 0 unspecified atom stereocenters. The van der Waals surface area contributed by atoms with Gasteiger partial charge in [0.25, 0.3) is 10.0 Å². The Morgan fingerprint density at radius 2 is 1.61 bits per heavy atom. The fourth-order valence-electron chi connectivity index (χ4n) is 2.45. The smallest absolute Gasteiger partial charge is 0.257 e. The standard InChI is InChI=1S/C19H22N6O2S/c1-3-14-6-8-15(9-7-14)23-18-17(20)19(22-12-21-18)24-25-28(26,27)16-10-4-13(2)5-11-16/h4-12,25H,3,20H2,1-2H3,(H2,21,22,23,24).